The van der Waals surface area contributed by atoms with Crippen LogP contribution in [0.5, 0.6) is 0 Å². The summed E-state index contributed by atoms with van der Waals surface area (Å²) in [5, 5.41) is 8.99. The van der Waals surface area contributed by atoms with E-state index in [0.29, 0.717) is 24.4 Å². The zero-order chi connectivity index (χ0) is 14.0. The van der Waals surface area contributed by atoms with Gasteiger partial charge in [-0.1, -0.05) is 11.3 Å². The fourth-order valence-corrected chi connectivity index (χ4v) is 2.91. The highest BCUT2D eigenvalue weighted by molar-refractivity contribution is 7.09. The van der Waals surface area contributed by atoms with Gasteiger partial charge in [0.2, 0.25) is 5.51 Å². The predicted molar refractivity (Wildman–Crippen MR) is 73.4 cm³/mol. The van der Waals surface area contributed by atoms with Gasteiger partial charge in [0.15, 0.2) is 12.2 Å². The average molecular weight is 280 g/mol. The van der Waals surface area contributed by atoms with Gasteiger partial charge in [-0.05, 0) is 6.92 Å². The summed E-state index contributed by atoms with van der Waals surface area (Å²) in [4.78, 5) is 17.0. The van der Waals surface area contributed by atoms with Gasteiger partial charge in [-0.25, -0.2) is 0 Å². The number of thiazole rings is 1. The Morgan fingerprint density at radius 1 is 1.47 bits per heavy atom. The largest absolute Gasteiger partial charge is 0.396 e. The third-order valence-electron chi connectivity index (χ3n) is 3.23. The molecule has 0 spiro atoms. The van der Waals surface area contributed by atoms with Crippen molar-refractivity contribution in [2.75, 3.05) is 6.61 Å². The van der Waals surface area contributed by atoms with E-state index in [9.17, 15) is 4.79 Å². The molecule has 0 aliphatic heterocycles. The highest BCUT2D eigenvalue weighted by Gasteiger charge is 2.17. The minimum atomic E-state index is -0.169. The van der Waals surface area contributed by atoms with Gasteiger partial charge in [0, 0.05) is 33.2 Å². The Morgan fingerprint density at radius 3 is 2.89 bits per heavy atom. The van der Waals surface area contributed by atoms with Crippen molar-refractivity contribution in [3.8, 4) is 0 Å². The van der Waals surface area contributed by atoms with Gasteiger partial charge in [0.1, 0.15) is 11.4 Å². The highest BCUT2D eigenvalue weighted by Crippen LogP contribution is 2.11. The van der Waals surface area contributed by atoms with E-state index in [2.05, 4.69) is 4.98 Å². The van der Waals surface area contributed by atoms with Gasteiger partial charge in [-0.15, -0.1) is 0 Å². The molecule has 0 aliphatic carbocycles. The molecule has 102 valence electrons. The first-order valence-corrected chi connectivity index (χ1v) is 7.01. The number of aryl methyl sites for hydroxylation is 2. The van der Waals surface area contributed by atoms with E-state index in [-0.39, 0.29) is 12.2 Å². The van der Waals surface area contributed by atoms with Crippen LogP contribution in [-0.2, 0) is 20.0 Å². The van der Waals surface area contributed by atoms with Crippen LogP contribution in [0.4, 0.5) is 0 Å². The first-order chi connectivity index (χ1) is 9.02. The lowest BCUT2D eigenvalue weighted by Gasteiger charge is -2.04. The minimum absolute atomic E-state index is 0.148. The van der Waals surface area contributed by atoms with Crippen LogP contribution < -0.4 is 10.1 Å². The van der Waals surface area contributed by atoms with E-state index in [1.54, 1.807) is 11.3 Å². The van der Waals surface area contributed by atoms with Crippen molar-refractivity contribution in [2.24, 2.45) is 7.05 Å². The van der Waals surface area contributed by atoms with Crippen molar-refractivity contribution < 1.29 is 9.67 Å². The Bertz CT molecular complexity index is 646. The minimum Gasteiger partial charge on any atom is -0.396 e. The Labute approximate surface area is 115 Å². The highest BCUT2D eigenvalue weighted by atomic mass is 32.1. The molecular formula is C13H18N3O2S+. The summed E-state index contributed by atoms with van der Waals surface area (Å²) in [6.07, 6.45) is 2.49. The Balaban J connectivity index is 2.31. The molecule has 0 fully saturated rings. The summed E-state index contributed by atoms with van der Waals surface area (Å²) < 4.78 is 3.89. The number of aliphatic hydroxyl groups is 1. The summed E-state index contributed by atoms with van der Waals surface area (Å²) in [5.41, 5.74) is 3.59. The maximum Gasteiger partial charge on any atom is 0.282 e. The zero-order valence-corrected chi connectivity index (χ0v) is 12.2. The molecule has 1 N–H and O–H groups in total. The second-order valence-corrected chi connectivity index (χ2v) is 5.50. The maximum absolute atomic E-state index is 11.9. The van der Waals surface area contributed by atoms with E-state index >= 15 is 0 Å². The fourth-order valence-electron chi connectivity index (χ4n) is 1.92. The van der Waals surface area contributed by atoms with Crippen LogP contribution in [0.15, 0.2) is 16.5 Å². The molecule has 19 heavy (non-hydrogen) atoms. The second-order valence-electron chi connectivity index (χ2n) is 4.56. The Kier molecular flexibility index (Phi) is 4.11. The molecule has 0 amide bonds. The standard InChI is InChI=1S/C13H18N3O2S/c1-9-12(4-5-17)19-8-16(9)7-11-6-15(3)10(2)14-13(11)18/h6,8,17H,4-5,7H2,1-3H3/q+1. The van der Waals surface area contributed by atoms with E-state index in [4.69, 9.17) is 5.11 Å². The van der Waals surface area contributed by atoms with Crippen LogP contribution in [0.1, 0.15) is 22.0 Å². The van der Waals surface area contributed by atoms with Gasteiger partial charge in [-0.3, -0.25) is 4.79 Å². The van der Waals surface area contributed by atoms with E-state index in [0.717, 1.165) is 10.6 Å². The van der Waals surface area contributed by atoms with Gasteiger partial charge in [-0.2, -0.15) is 9.55 Å². The normalized spacial score (nSPS) is 10.9. The van der Waals surface area contributed by atoms with Crippen molar-refractivity contribution in [1.82, 2.24) is 9.55 Å². The van der Waals surface area contributed by atoms with Crippen molar-refractivity contribution in [1.29, 1.82) is 0 Å². The number of hydrogen-bond acceptors (Lipinski definition) is 4. The molecule has 2 heterocycles. The second kappa shape index (κ2) is 5.63. The van der Waals surface area contributed by atoms with Gasteiger partial charge >= 0.3 is 0 Å². The zero-order valence-electron chi connectivity index (χ0n) is 11.4. The molecule has 2 aromatic rings. The molecule has 2 aromatic heterocycles. The Hall–Kier alpha value is -1.53. The van der Waals surface area contributed by atoms with Crippen LogP contribution in [0.2, 0.25) is 0 Å². The number of aliphatic hydroxyl groups excluding tert-OH is 1. The number of rotatable bonds is 4. The maximum atomic E-state index is 11.9. The van der Waals surface area contributed by atoms with Crippen LogP contribution in [0.3, 0.4) is 0 Å². The van der Waals surface area contributed by atoms with Crippen molar-refractivity contribution in [3.05, 3.63) is 44.0 Å². The van der Waals surface area contributed by atoms with E-state index in [1.165, 1.54) is 0 Å². The molecule has 0 atom stereocenters. The lowest BCUT2D eigenvalue weighted by molar-refractivity contribution is -0.689. The molecule has 0 radical (unpaired) electrons. The molecule has 6 heteroatoms. The van der Waals surface area contributed by atoms with Crippen LogP contribution in [0, 0.1) is 13.8 Å². The quantitative estimate of drug-likeness (QED) is 0.821. The van der Waals surface area contributed by atoms with Gasteiger partial charge in [0.25, 0.3) is 5.56 Å². The molecular weight excluding hydrogens is 262 g/mol. The molecule has 0 aromatic carbocycles. The SMILES string of the molecule is Cc1nc(=O)c(C[n+]2csc(CCO)c2C)cn1C. The topological polar surface area (TPSA) is 59.0 Å². The smallest absolute Gasteiger partial charge is 0.282 e. The van der Waals surface area contributed by atoms with Crippen molar-refractivity contribution in [3.63, 3.8) is 0 Å². The monoisotopic (exact) mass is 280 g/mol. The predicted octanol–water partition coefficient (Wildman–Crippen LogP) is 0.329. The third-order valence-corrected chi connectivity index (χ3v) is 4.38. The van der Waals surface area contributed by atoms with E-state index in [1.807, 2.05) is 41.7 Å². The molecule has 0 saturated carbocycles. The first kappa shape index (κ1) is 13.9. The van der Waals surface area contributed by atoms with Crippen molar-refractivity contribution >= 4 is 11.3 Å². The summed E-state index contributed by atoms with van der Waals surface area (Å²) in [7, 11) is 1.88. The summed E-state index contributed by atoms with van der Waals surface area (Å²) in [6, 6.07) is 0. The Morgan fingerprint density at radius 2 is 2.21 bits per heavy atom. The number of nitrogens with zero attached hydrogens (tertiary/aromatic N) is 3. The summed E-state index contributed by atoms with van der Waals surface area (Å²) in [6.45, 7) is 4.49. The van der Waals surface area contributed by atoms with Gasteiger partial charge < -0.3 is 9.67 Å². The lowest BCUT2D eigenvalue weighted by Crippen LogP contribution is -2.38. The van der Waals surface area contributed by atoms with Crippen LogP contribution in [0.25, 0.3) is 0 Å². The molecule has 0 unspecified atom stereocenters. The molecule has 0 bridgehead atoms. The van der Waals surface area contributed by atoms with E-state index < -0.39 is 0 Å². The molecule has 2 rings (SSSR count). The molecule has 0 aliphatic rings. The van der Waals surface area contributed by atoms with Crippen LogP contribution in [-0.4, -0.2) is 21.3 Å². The fraction of sp³-hybridized carbons (Fsp3) is 0.462. The van der Waals surface area contributed by atoms with Gasteiger partial charge in [0.05, 0.1) is 4.88 Å². The summed E-state index contributed by atoms with van der Waals surface area (Å²) >= 11 is 1.61. The molecule has 0 saturated heterocycles. The van der Waals surface area contributed by atoms with Crippen LogP contribution >= 0.6 is 11.3 Å². The molecule has 5 nitrogen and oxygen atoms in total. The third kappa shape index (κ3) is 2.90. The van der Waals surface area contributed by atoms with Crippen molar-refractivity contribution in [2.45, 2.75) is 26.8 Å². The lowest BCUT2D eigenvalue weighted by atomic mass is 10.3. The number of aromatic nitrogens is 3. The summed E-state index contributed by atoms with van der Waals surface area (Å²) in [5.74, 6) is 0.710. The number of hydrogen-bond donors (Lipinski definition) is 1. The first-order valence-electron chi connectivity index (χ1n) is 6.13. The average Bonchev–Trinajstić information content (AvgIpc) is 2.69.